The summed E-state index contributed by atoms with van der Waals surface area (Å²) < 4.78 is 23.8. The molecule has 2 aliphatic carbocycles. The first-order chi connectivity index (χ1) is 10.2. The molecule has 0 aromatic rings. The predicted molar refractivity (Wildman–Crippen MR) is 84.8 cm³/mol. The first-order valence-corrected chi connectivity index (χ1v) is 10.0. The van der Waals surface area contributed by atoms with Crippen molar-refractivity contribution >= 4 is 10.8 Å². The summed E-state index contributed by atoms with van der Waals surface area (Å²) in [5.74, 6) is 0.523. The van der Waals surface area contributed by atoms with E-state index in [-0.39, 0.29) is 5.79 Å². The van der Waals surface area contributed by atoms with Crippen LogP contribution in [-0.4, -0.2) is 46.3 Å². The van der Waals surface area contributed by atoms with E-state index in [1.807, 2.05) is 6.92 Å². The van der Waals surface area contributed by atoms with Crippen LogP contribution in [0.25, 0.3) is 0 Å². The van der Waals surface area contributed by atoms with Crippen molar-refractivity contribution in [3.63, 3.8) is 0 Å². The highest BCUT2D eigenvalue weighted by atomic mass is 32.2. The van der Waals surface area contributed by atoms with Gasteiger partial charge in [-0.05, 0) is 25.7 Å². The van der Waals surface area contributed by atoms with Crippen molar-refractivity contribution in [3.8, 4) is 0 Å². The molecule has 0 amide bonds. The van der Waals surface area contributed by atoms with Crippen molar-refractivity contribution in [2.24, 2.45) is 0 Å². The summed E-state index contributed by atoms with van der Waals surface area (Å²) in [6.45, 7) is 3.54. The van der Waals surface area contributed by atoms with Gasteiger partial charge >= 0.3 is 0 Å². The second-order valence-corrected chi connectivity index (χ2v) is 8.59. The molecule has 3 aliphatic rings. The Labute approximate surface area is 130 Å². The third-order valence-corrected chi connectivity index (χ3v) is 7.14. The lowest BCUT2D eigenvalue weighted by Gasteiger charge is -2.39. The van der Waals surface area contributed by atoms with Gasteiger partial charge in [-0.3, -0.25) is 4.21 Å². The largest absolute Gasteiger partial charge is 0.348 e. The van der Waals surface area contributed by atoms with Crippen LogP contribution in [0.1, 0.15) is 58.3 Å². The fourth-order valence-corrected chi connectivity index (χ4v) is 5.57. The molecule has 3 atom stereocenters. The third kappa shape index (κ3) is 3.69. The quantitative estimate of drug-likeness (QED) is 0.865. The minimum atomic E-state index is -0.668. The Kier molecular flexibility index (Phi) is 5.36. The Morgan fingerprint density at radius 1 is 1.10 bits per heavy atom. The van der Waals surface area contributed by atoms with Crippen molar-refractivity contribution in [2.45, 2.75) is 81.4 Å². The molecule has 1 spiro atoms. The van der Waals surface area contributed by atoms with E-state index in [2.05, 4.69) is 5.32 Å². The Morgan fingerprint density at radius 3 is 2.43 bits per heavy atom. The van der Waals surface area contributed by atoms with Crippen molar-refractivity contribution in [1.29, 1.82) is 0 Å². The molecule has 3 rings (SSSR count). The van der Waals surface area contributed by atoms with Crippen LogP contribution in [0.4, 0.5) is 0 Å². The van der Waals surface area contributed by atoms with Crippen LogP contribution in [0.2, 0.25) is 0 Å². The summed E-state index contributed by atoms with van der Waals surface area (Å²) >= 11 is 0. The molecule has 0 aromatic heterocycles. The minimum Gasteiger partial charge on any atom is -0.348 e. The van der Waals surface area contributed by atoms with Gasteiger partial charge in [-0.15, -0.1) is 0 Å². The van der Waals surface area contributed by atoms with Crippen molar-refractivity contribution in [3.05, 3.63) is 0 Å². The van der Waals surface area contributed by atoms with Gasteiger partial charge in [-0.25, -0.2) is 0 Å². The molecule has 4 nitrogen and oxygen atoms in total. The summed E-state index contributed by atoms with van der Waals surface area (Å²) in [4.78, 5) is 0. The molecular formula is C16H29NO3S. The SMILES string of the molecule is CC[S@](=O)[C@@H]1CCCC[C@H]1NC1CCC2(CC1)OCCO2. The zero-order valence-electron chi connectivity index (χ0n) is 13.1. The Hall–Kier alpha value is 0.0300. The summed E-state index contributed by atoms with van der Waals surface area (Å²) in [5, 5.41) is 4.19. The number of rotatable bonds is 4. The molecule has 0 aromatic carbocycles. The average Bonchev–Trinajstić information content (AvgIpc) is 2.98. The van der Waals surface area contributed by atoms with Crippen molar-refractivity contribution < 1.29 is 13.7 Å². The number of nitrogens with one attached hydrogen (secondary N) is 1. The molecule has 1 N–H and O–H groups in total. The fourth-order valence-electron chi connectivity index (χ4n) is 4.13. The molecule has 0 unspecified atom stereocenters. The molecule has 21 heavy (non-hydrogen) atoms. The first-order valence-electron chi connectivity index (χ1n) is 8.63. The van der Waals surface area contributed by atoms with E-state index in [1.165, 1.54) is 19.3 Å². The molecule has 1 saturated heterocycles. The lowest BCUT2D eigenvalue weighted by molar-refractivity contribution is -0.179. The summed E-state index contributed by atoms with van der Waals surface area (Å²) in [7, 11) is -0.668. The van der Waals surface area contributed by atoms with E-state index in [4.69, 9.17) is 9.47 Å². The second kappa shape index (κ2) is 7.07. The third-order valence-electron chi connectivity index (χ3n) is 5.34. The molecule has 1 heterocycles. The van der Waals surface area contributed by atoms with Crippen molar-refractivity contribution in [1.82, 2.24) is 5.32 Å². The van der Waals surface area contributed by atoms with E-state index in [0.29, 0.717) is 17.3 Å². The van der Waals surface area contributed by atoms with Gasteiger partial charge in [0.15, 0.2) is 5.79 Å². The standard InChI is InChI=1S/C16H29NO3S/c1-2-21(18)15-6-4-3-5-14(15)17-13-7-9-16(10-8-13)19-11-12-20-16/h13-15,17H,2-12H2,1H3/t14-,15-,21+/m1/s1. The number of hydrogen-bond donors (Lipinski definition) is 1. The van der Waals surface area contributed by atoms with Crippen LogP contribution in [0.3, 0.4) is 0 Å². The second-order valence-electron chi connectivity index (χ2n) is 6.65. The molecule has 122 valence electrons. The highest BCUT2D eigenvalue weighted by Crippen LogP contribution is 2.36. The Bertz CT molecular complexity index is 361. The topological polar surface area (TPSA) is 47.6 Å². The average molecular weight is 315 g/mol. The predicted octanol–water partition coefficient (Wildman–Crippen LogP) is 2.34. The van der Waals surface area contributed by atoms with E-state index < -0.39 is 10.8 Å². The fraction of sp³-hybridized carbons (Fsp3) is 1.00. The summed E-state index contributed by atoms with van der Waals surface area (Å²) in [5.41, 5.74) is 0. The van der Waals surface area contributed by atoms with Gasteiger partial charge in [-0.1, -0.05) is 19.8 Å². The van der Waals surface area contributed by atoms with Gasteiger partial charge in [0.2, 0.25) is 0 Å². The molecule has 3 fully saturated rings. The lowest BCUT2D eigenvalue weighted by atomic mass is 9.87. The molecule has 5 heteroatoms. The Morgan fingerprint density at radius 2 is 1.76 bits per heavy atom. The van der Waals surface area contributed by atoms with Gasteiger partial charge in [-0.2, -0.15) is 0 Å². The van der Waals surface area contributed by atoms with Crippen LogP contribution in [0, 0.1) is 0 Å². The van der Waals surface area contributed by atoms with Crippen LogP contribution >= 0.6 is 0 Å². The van der Waals surface area contributed by atoms with Crippen LogP contribution in [0.5, 0.6) is 0 Å². The van der Waals surface area contributed by atoms with Crippen LogP contribution < -0.4 is 5.32 Å². The summed E-state index contributed by atoms with van der Waals surface area (Å²) in [6.07, 6.45) is 9.05. The smallest absolute Gasteiger partial charge is 0.168 e. The maximum atomic E-state index is 12.3. The van der Waals surface area contributed by atoms with Crippen molar-refractivity contribution in [2.75, 3.05) is 19.0 Å². The molecule has 0 radical (unpaired) electrons. The van der Waals surface area contributed by atoms with Gasteiger partial charge in [0.1, 0.15) is 0 Å². The lowest BCUT2D eigenvalue weighted by Crippen LogP contribution is -2.51. The zero-order valence-corrected chi connectivity index (χ0v) is 14.0. The monoisotopic (exact) mass is 315 g/mol. The summed E-state index contributed by atoms with van der Waals surface area (Å²) in [6, 6.07) is 0.992. The van der Waals surface area contributed by atoms with Crippen LogP contribution in [-0.2, 0) is 20.3 Å². The maximum Gasteiger partial charge on any atom is 0.168 e. The Balaban J connectivity index is 1.52. The van der Waals surface area contributed by atoms with E-state index >= 15 is 0 Å². The highest BCUT2D eigenvalue weighted by Gasteiger charge is 2.41. The molecule has 1 aliphatic heterocycles. The molecule has 2 saturated carbocycles. The molecular weight excluding hydrogens is 286 g/mol. The highest BCUT2D eigenvalue weighted by molar-refractivity contribution is 7.85. The van der Waals surface area contributed by atoms with E-state index in [1.54, 1.807) is 0 Å². The molecule has 0 bridgehead atoms. The zero-order chi connectivity index (χ0) is 14.7. The van der Waals surface area contributed by atoms with Crippen LogP contribution in [0.15, 0.2) is 0 Å². The van der Waals surface area contributed by atoms with Gasteiger partial charge in [0.25, 0.3) is 0 Å². The van der Waals surface area contributed by atoms with Gasteiger partial charge < -0.3 is 14.8 Å². The normalized spacial score (nSPS) is 35.1. The number of hydrogen-bond acceptors (Lipinski definition) is 4. The number of ether oxygens (including phenoxy) is 2. The van der Waals surface area contributed by atoms with E-state index in [0.717, 1.165) is 51.1 Å². The van der Waals surface area contributed by atoms with E-state index in [9.17, 15) is 4.21 Å². The first kappa shape index (κ1) is 15.9. The van der Waals surface area contributed by atoms with Gasteiger partial charge in [0, 0.05) is 41.5 Å². The minimum absolute atomic E-state index is 0.267. The van der Waals surface area contributed by atoms with Gasteiger partial charge in [0.05, 0.1) is 18.5 Å². The maximum absolute atomic E-state index is 12.3.